The van der Waals surface area contributed by atoms with Crippen molar-refractivity contribution in [2.45, 2.75) is 38.9 Å². The number of nitrogens with one attached hydrogen (secondary N) is 1. The highest BCUT2D eigenvalue weighted by Gasteiger charge is 2.34. The van der Waals surface area contributed by atoms with Gasteiger partial charge in [-0.1, -0.05) is 0 Å². The second kappa shape index (κ2) is 7.34. The van der Waals surface area contributed by atoms with Gasteiger partial charge >= 0.3 is 6.18 Å². The van der Waals surface area contributed by atoms with Crippen molar-refractivity contribution in [3.05, 3.63) is 34.9 Å². The monoisotopic (exact) mass is 380 g/mol. The average molecular weight is 380 g/mol. The second-order valence-electron chi connectivity index (χ2n) is 7.14. The largest absolute Gasteiger partial charge is 0.507 e. The Labute approximate surface area is 156 Å². The van der Waals surface area contributed by atoms with Gasteiger partial charge in [0, 0.05) is 23.7 Å². The van der Waals surface area contributed by atoms with Gasteiger partial charge in [0.25, 0.3) is 0 Å². The number of anilines is 1. The lowest BCUT2D eigenvalue weighted by Gasteiger charge is -2.30. The molecule has 0 bridgehead atoms. The minimum atomic E-state index is -4.51. The van der Waals surface area contributed by atoms with Crippen LogP contribution in [0.5, 0.6) is 5.75 Å². The van der Waals surface area contributed by atoms with Gasteiger partial charge in [-0.15, -0.1) is 10.2 Å². The van der Waals surface area contributed by atoms with E-state index in [2.05, 4.69) is 27.5 Å². The average Bonchev–Trinajstić information content (AvgIpc) is 2.57. The third-order valence-electron chi connectivity index (χ3n) is 4.95. The van der Waals surface area contributed by atoms with E-state index in [1.165, 1.54) is 13.0 Å². The molecule has 1 aromatic carbocycles. The molecule has 1 saturated heterocycles. The molecule has 1 aliphatic rings. The van der Waals surface area contributed by atoms with Crippen molar-refractivity contribution < 1.29 is 18.3 Å². The molecule has 146 valence electrons. The first-order chi connectivity index (χ1) is 12.7. The second-order valence-corrected chi connectivity index (χ2v) is 7.14. The van der Waals surface area contributed by atoms with Gasteiger partial charge < -0.3 is 15.3 Å². The molecule has 27 heavy (non-hydrogen) atoms. The molecule has 1 atom stereocenters. The van der Waals surface area contributed by atoms with Crippen LogP contribution in [0.3, 0.4) is 0 Å². The van der Waals surface area contributed by atoms with E-state index in [1.807, 2.05) is 6.07 Å². The van der Waals surface area contributed by atoms with Crippen molar-refractivity contribution in [2.24, 2.45) is 0 Å². The molecule has 1 aliphatic heterocycles. The Balaban J connectivity index is 1.87. The van der Waals surface area contributed by atoms with E-state index in [0.29, 0.717) is 11.5 Å². The summed E-state index contributed by atoms with van der Waals surface area (Å²) in [6, 6.07) is 4.30. The summed E-state index contributed by atoms with van der Waals surface area (Å²) in [5, 5.41) is 22.0. The molecular weight excluding hydrogens is 357 g/mol. The summed E-state index contributed by atoms with van der Waals surface area (Å²) in [5.41, 5.74) is 0.277. The fourth-order valence-corrected chi connectivity index (χ4v) is 3.51. The molecule has 0 radical (unpaired) electrons. The maximum atomic E-state index is 13.0. The highest BCUT2D eigenvalue weighted by molar-refractivity contribution is 5.72. The molecule has 0 saturated carbocycles. The lowest BCUT2D eigenvalue weighted by atomic mass is 9.99. The van der Waals surface area contributed by atoms with E-state index in [0.717, 1.165) is 37.6 Å². The lowest BCUT2D eigenvalue weighted by Crippen LogP contribution is -2.39. The number of aromatic nitrogens is 2. The Morgan fingerprint density at radius 3 is 2.59 bits per heavy atom. The zero-order valence-electron chi connectivity index (χ0n) is 15.6. The number of rotatable bonds is 3. The Hall–Kier alpha value is -2.35. The number of aromatic hydroxyl groups is 1. The number of phenolic OH excluding ortho intramolecular Hbond substituents is 1. The molecule has 1 fully saturated rings. The lowest BCUT2D eigenvalue weighted by molar-refractivity contribution is -0.138. The zero-order chi connectivity index (χ0) is 19.8. The van der Waals surface area contributed by atoms with Crippen molar-refractivity contribution in [1.82, 2.24) is 15.1 Å². The van der Waals surface area contributed by atoms with Gasteiger partial charge in [-0.2, -0.15) is 13.2 Å². The fourth-order valence-electron chi connectivity index (χ4n) is 3.51. The van der Waals surface area contributed by atoms with Crippen LogP contribution in [0.25, 0.3) is 11.3 Å². The molecule has 3 rings (SSSR count). The maximum absolute atomic E-state index is 13.0. The number of halogens is 3. The number of aryl methyl sites for hydroxylation is 1. The Kier molecular flexibility index (Phi) is 5.28. The van der Waals surface area contributed by atoms with Gasteiger partial charge in [-0.05, 0) is 64.0 Å². The molecule has 0 aliphatic carbocycles. The minimum Gasteiger partial charge on any atom is -0.507 e. The molecule has 0 unspecified atom stereocenters. The summed E-state index contributed by atoms with van der Waals surface area (Å²) >= 11 is 0. The number of hydrogen-bond donors (Lipinski definition) is 2. The van der Waals surface area contributed by atoms with Crippen LogP contribution in [0, 0.1) is 13.8 Å². The molecule has 8 heteroatoms. The van der Waals surface area contributed by atoms with Crippen LogP contribution in [0.1, 0.15) is 29.5 Å². The first-order valence-electron chi connectivity index (χ1n) is 8.86. The number of piperidine rings is 1. The predicted molar refractivity (Wildman–Crippen MR) is 97.8 cm³/mol. The molecule has 0 amide bonds. The van der Waals surface area contributed by atoms with Gasteiger partial charge in [0.2, 0.25) is 0 Å². The van der Waals surface area contributed by atoms with Gasteiger partial charge in [-0.3, -0.25) is 0 Å². The summed E-state index contributed by atoms with van der Waals surface area (Å²) in [5.74, 6) is 0.205. The van der Waals surface area contributed by atoms with Crippen LogP contribution in [-0.2, 0) is 6.18 Å². The van der Waals surface area contributed by atoms with Gasteiger partial charge in [0.15, 0.2) is 0 Å². The molecule has 1 aromatic heterocycles. The van der Waals surface area contributed by atoms with Crippen LogP contribution >= 0.6 is 0 Å². The molecule has 2 N–H and O–H groups in total. The van der Waals surface area contributed by atoms with Crippen molar-refractivity contribution in [3.63, 3.8) is 0 Å². The van der Waals surface area contributed by atoms with Crippen molar-refractivity contribution in [3.8, 4) is 17.0 Å². The van der Waals surface area contributed by atoms with Crippen LogP contribution in [0.15, 0.2) is 18.2 Å². The van der Waals surface area contributed by atoms with E-state index < -0.39 is 17.5 Å². The fraction of sp³-hybridized carbons (Fsp3) is 0.474. The van der Waals surface area contributed by atoms with E-state index in [-0.39, 0.29) is 17.2 Å². The van der Waals surface area contributed by atoms with Crippen LogP contribution in [0.2, 0.25) is 0 Å². The summed E-state index contributed by atoms with van der Waals surface area (Å²) in [6.07, 6.45) is -2.36. The Morgan fingerprint density at radius 2 is 1.96 bits per heavy atom. The summed E-state index contributed by atoms with van der Waals surface area (Å²) in [7, 11) is 2.07. The molecular formula is C19H23F3N4O. The molecule has 0 spiro atoms. The first kappa shape index (κ1) is 19.4. The van der Waals surface area contributed by atoms with Crippen LogP contribution < -0.4 is 5.32 Å². The summed E-state index contributed by atoms with van der Waals surface area (Å²) in [4.78, 5) is 2.25. The number of likely N-dealkylation sites (tertiary alicyclic amines) is 1. The maximum Gasteiger partial charge on any atom is 0.416 e. The Morgan fingerprint density at radius 1 is 1.22 bits per heavy atom. The number of hydrogen-bond acceptors (Lipinski definition) is 5. The smallest absolute Gasteiger partial charge is 0.416 e. The highest BCUT2D eigenvalue weighted by Crippen LogP contribution is 2.40. The SMILES string of the molecule is Cc1cc(N[C@@H]2CCCN(C)C2)nnc1-c1ccc(C(F)(F)F)c(C)c1O. The van der Waals surface area contributed by atoms with Crippen LogP contribution in [-0.4, -0.2) is 46.4 Å². The summed E-state index contributed by atoms with van der Waals surface area (Å²) in [6.45, 7) is 5.05. The van der Waals surface area contributed by atoms with E-state index in [4.69, 9.17) is 0 Å². The normalized spacial score (nSPS) is 18.5. The molecule has 2 heterocycles. The third kappa shape index (κ3) is 4.16. The van der Waals surface area contributed by atoms with Gasteiger partial charge in [0.1, 0.15) is 11.6 Å². The highest BCUT2D eigenvalue weighted by atomic mass is 19.4. The van der Waals surface area contributed by atoms with Crippen LogP contribution in [0.4, 0.5) is 19.0 Å². The molecule has 5 nitrogen and oxygen atoms in total. The quantitative estimate of drug-likeness (QED) is 0.843. The van der Waals surface area contributed by atoms with Gasteiger partial charge in [0.05, 0.1) is 11.3 Å². The van der Waals surface area contributed by atoms with Crippen molar-refractivity contribution in [2.75, 3.05) is 25.5 Å². The number of alkyl halides is 3. The van der Waals surface area contributed by atoms with Gasteiger partial charge in [-0.25, -0.2) is 0 Å². The van der Waals surface area contributed by atoms with E-state index >= 15 is 0 Å². The topological polar surface area (TPSA) is 61.3 Å². The number of likely N-dealkylation sites (N-methyl/N-ethyl adjacent to an activating group) is 1. The zero-order valence-corrected chi connectivity index (χ0v) is 15.6. The van der Waals surface area contributed by atoms with Crippen molar-refractivity contribution in [1.29, 1.82) is 0 Å². The summed E-state index contributed by atoms with van der Waals surface area (Å²) < 4.78 is 39.0. The van der Waals surface area contributed by atoms with Crippen molar-refractivity contribution >= 4 is 5.82 Å². The first-order valence-corrected chi connectivity index (χ1v) is 8.86. The van der Waals surface area contributed by atoms with E-state index in [9.17, 15) is 18.3 Å². The number of phenols is 1. The predicted octanol–water partition coefficient (Wildman–Crippen LogP) is 3.99. The Bertz CT molecular complexity index is 838. The number of nitrogens with zero attached hydrogens (tertiary/aromatic N) is 3. The number of benzene rings is 1. The third-order valence-corrected chi connectivity index (χ3v) is 4.95. The standard InChI is InChI=1S/C19H23F3N4O/c1-11-9-16(23-13-5-4-8-26(3)10-13)24-25-17(11)14-6-7-15(19(20,21)22)12(2)18(14)27/h6-7,9,13,27H,4-5,8,10H2,1-3H3,(H,23,24)/t13-/m1/s1. The molecule has 2 aromatic rings. The minimum absolute atomic E-state index is 0.214. The van der Waals surface area contributed by atoms with E-state index in [1.54, 1.807) is 6.92 Å².